The van der Waals surface area contributed by atoms with E-state index in [1.165, 1.54) is 0 Å². The van der Waals surface area contributed by atoms with Gasteiger partial charge in [-0.25, -0.2) is 0 Å². The van der Waals surface area contributed by atoms with Crippen LogP contribution in [0.5, 0.6) is 0 Å². The van der Waals surface area contributed by atoms with Crippen LogP contribution in [0.2, 0.25) is 0 Å². The molecule has 1 aromatic carbocycles. The van der Waals surface area contributed by atoms with E-state index in [1.54, 1.807) is 0 Å². The Kier molecular flexibility index (Phi) is 3.23. The van der Waals surface area contributed by atoms with Crippen molar-refractivity contribution in [1.82, 2.24) is 4.90 Å². The molecule has 5 heteroatoms. The average molecular weight is 314 g/mol. The van der Waals surface area contributed by atoms with Gasteiger partial charge in [0.1, 0.15) is 5.54 Å². The van der Waals surface area contributed by atoms with E-state index in [1.807, 2.05) is 32.0 Å². The molecule has 4 rings (SSSR count). The van der Waals surface area contributed by atoms with Crippen molar-refractivity contribution in [3.8, 4) is 0 Å². The van der Waals surface area contributed by atoms with Gasteiger partial charge in [0.25, 0.3) is 0 Å². The molecule has 3 atom stereocenters. The quantitative estimate of drug-likeness (QED) is 0.850. The molecule has 0 aliphatic carbocycles. The van der Waals surface area contributed by atoms with Crippen LogP contribution in [0.1, 0.15) is 37.3 Å². The molecule has 2 fully saturated rings. The van der Waals surface area contributed by atoms with Gasteiger partial charge in [0.05, 0.1) is 12.5 Å². The minimum atomic E-state index is -0.694. The second-order valence-electron chi connectivity index (χ2n) is 6.78. The lowest BCUT2D eigenvalue weighted by Gasteiger charge is -2.32. The minimum Gasteiger partial charge on any atom is -0.466 e. The van der Waals surface area contributed by atoms with E-state index in [-0.39, 0.29) is 23.8 Å². The molecule has 0 radical (unpaired) electrons. The SMILES string of the molecule is CCOC(=O)[C@@H]1C[C@]2(C(=O)Nc3c(C)cccc32)N2CCC[C@@H]12. The van der Waals surface area contributed by atoms with E-state index < -0.39 is 5.54 Å². The van der Waals surface area contributed by atoms with Crippen LogP contribution in [0.25, 0.3) is 0 Å². The van der Waals surface area contributed by atoms with Gasteiger partial charge < -0.3 is 10.1 Å². The van der Waals surface area contributed by atoms with Gasteiger partial charge in [0.2, 0.25) is 5.91 Å². The summed E-state index contributed by atoms with van der Waals surface area (Å²) in [5.41, 5.74) is 2.33. The van der Waals surface area contributed by atoms with Crippen LogP contribution in [-0.4, -0.2) is 36.0 Å². The first-order valence-electron chi connectivity index (χ1n) is 8.44. The van der Waals surface area contributed by atoms with E-state index in [0.717, 1.165) is 36.2 Å². The van der Waals surface area contributed by atoms with Crippen LogP contribution in [0, 0.1) is 12.8 Å². The number of ether oxygens (including phenoxy) is 1. The van der Waals surface area contributed by atoms with Gasteiger partial charge in [0, 0.05) is 17.3 Å². The number of amides is 1. The van der Waals surface area contributed by atoms with Gasteiger partial charge >= 0.3 is 5.97 Å². The molecular formula is C18H22N2O3. The van der Waals surface area contributed by atoms with E-state index >= 15 is 0 Å². The number of esters is 1. The summed E-state index contributed by atoms with van der Waals surface area (Å²) in [5, 5.41) is 3.07. The fourth-order valence-corrected chi connectivity index (χ4v) is 4.75. The lowest BCUT2D eigenvalue weighted by Crippen LogP contribution is -2.47. The molecule has 1 aromatic rings. The van der Waals surface area contributed by atoms with Gasteiger partial charge in [-0.15, -0.1) is 0 Å². The first kappa shape index (κ1) is 14.7. The van der Waals surface area contributed by atoms with Crippen molar-refractivity contribution in [1.29, 1.82) is 0 Å². The first-order chi connectivity index (χ1) is 11.1. The third-order valence-corrected chi connectivity index (χ3v) is 5.69. The van der Waals surface area contributed by atoms with E-state index in [9.17, 15) is 9.59 Å². The predicted molar refractivity (Wildman–Crippen MR) is 86.0 cm³/mol. The molecule has 0 bridgehead atoms. The lowest BCUT2D eigenvalue weighted by molar-refractivity contribution is -0.148. The van der Waals surface area contributed by atoms with Crippen LogP contribution in [0.4, 0.5) is 5.69 Å². The van der Waals surface area contributed by atoms with Crippen molar-refractivity contribution < 1.29 is 14.3 Å². The van der Waals surface area contributed by atoms with Crippen LogP contribution < -0.4 is 5.32 Å². The number of aryl methyl sites for hydroxylation is 1. The highest BCUT2D eigenvalue weighted by atomic mass is 16.5. The summed E-state index contributed by atoms with van der Waals surface area (Å²) in [4.78, 5) is 27.7. The average Bonchev–Trinajstić information content (AvgIpc) is 3.17. The first-order valence-corrected chi connectivity index (χ1v) is 8.44. The number of benzene rings is 1. The molecule has 1 spiro atoms. The van der Waals surface area contributed by atoms with E-state index in [0.29, 0.717) is 13.0 Å². The number of rotatable bonds is 2. The molecule has 3 heterocycles. The maximum absolute atomic E-state index is 13.0. The van der Waals surface area contributed by atoms with Gasteiger partial charge in [-0.1, -0.05) is 18.2 Å². The number of nitrogens with one attached hydrogen (secondary N) is 1. The number of nitrogens with zero attached hydrogens (tertiary/aromatic N) is 1. The third-order valence-electron chi connectivity index (χ3n) is 5.69. The zero-order chi connectivity index (χ0) is 16.2. The highest BCUT2D eigenvalue weighted by Gasteiger charge is 2.63. The molecule has 2 saturated heterocycles. The maximum atomic E-state index is 13.0. The number of hydrogen-bond acceptors (Lipinski definition) is 4. The zero-order valence-corrected chi connectivity index (χ0v) is 13.6. The number of anilines is 1. The number of carbonyl (C=O) groups is 2. The Morgan fingerprint density at radius 3 is 3.09 bits per heavy atom. The van der Waals surface area contributed by atoms with Gasteiger partial charge in [-0.2, -0.15) is 0 Å². The highest BCUT2D eigenvalue weighted by Crippen LogP contribution is 2.54. The van der Waals surface area contributed by atoms with Crippen LogP contribution in [0.15, 0.2) is 18.2 Å². The second kappa shape index (κ2) is 5.06. The molecule has 5 nitrogen and oxygen atoms in total. The molecule has 0 unspecified atom stereocenters. The Morgan fingerprint density at radius 2 is 2.30 bits per heavy atom. The third kappa shape index (κ3) is 1.83. The zero-order valence-electron chi connectivity index (χ0n) is 13.6. The molecule has 3 aliphatic rings. The van der Waals surface area contributed by atoms with Crippen molar-refractivity contribution in [2.24, 2.45) is 5.92 Å². The van der Waals surface area contributed by atoms with E-state index in [2.05, 4.69) is 10.2 Å². The molecule has 0 saturated carbocycles. The molecule has 3 aliphatic heterocycles. The Hall–Kier alpha value is -1.88. The smallest absolute Gasteiger partial charge is 0.310 e. The number of carbonyl (C=O) groups excluding carboxylic acids is 2. The summed E-state index contributed by atoms with van der Waals surface area (Å²) in [6.45, 7) is 5.09. The van der Waals surface area contributed by atoms with Gasteiger partial charge in [-0.05, 0) is 45.2 Å². The number of hydrogen-bond donors (Lipinski definition) is 1. The molecule has 1 amide bonds. The number of para-hydroxylation sites is 1. The van der Waals surface area contributed by atoms with E-state index in [4.69, 9.17) is 4.74 Å². The van der Waals surface area contributed by atoms with Crippen molar-refractivity contribution in [2.45, 2.75) is 44.7 Å². The Bertz CT molecular complexity index is 687. The molecule has 1 N–H and O–H groups in total. The molecular weight excluding hydrogens is 292 g/mol. The fraction of sp³-hybridized carbons (Fsp3) is 0.556. The van der Waals surface area contributed by atoms with Crippen LogP contribution >= 0.6 is 0 Å². The summed E-state index contributed by atoms with van der Waals surface area (Å²) < 4.78 is 5.29. The summed E-state index contributed by atoms with van der Waals surface area (Å²) in [6.07, 6.45) is 2.51. The van der Waals surface area contributed by atoms with Crippen molar-refractivity contribution in [3.05, 3.63) is 29.3 Å². The largest absolute Gasteiger partial charge is 0.466 e. The Labute approximate surface area is 136 Å². The van der Waals surface area contributed by atoms with Crippen molar-refractivity contribution >= 4 is 17.6 Å². The van der Waals surface area contributed by atoms with Crippen LogP contribution in [0.3, 0.4) is 0 Å². The molecule has 0 aromatic heterocycles. The standard InChI is InChI=1S/C18H22N2O3/c1-3-23-16(21)12-10-18(20-9-5-8-14(12)20)13-7-4-6-11(2)15(13)19-17(18)22/h4,6-7,12,14H,3,5,8-10H2,1-2H3,(H,19,22)/t12-,14+,18+/m1/s1. The normalized spacial score (nSPS) is 32.0. The number of fused-ring (bicyclic) bond motifs is 4. The Morgan fingerprint density at radius 1 is 1.48 bits per heavy atom. The monoisotopic (exact) mass is 314 g/mol. The van der Waals surface area contributed by atoms with Crippen molar-refractivity contribution in [2.75, 3.05) is 18.5 Å². The lowest BCUT2D eigenvalue weighted by atomic mass is 9.84. The minimum absolute atomic E-state index is 0.0144. The summed E-state index contributed by atoms with van der Waals surface area (Å²) in [7, 11) is 0. The summed E-state index contributed by atoms with van der Waals surface area (Å²) in [5.74, 6) is -0.356. The van der Waals surface area contributed by atoms with Gasteiger partial charge in [-0.3, -0.25) is 14.5 Å². The predicted octanol–water partition coefficient (Wildman–Crippen LogP) is 2.19. The second-order valence-corrected chi connectivity index (χ2v) is 6.78. The summed E-state index contributed by atoms with van der Waals surface area (Å²) >= 11 is 0. The fourth-order valence-electron chi connectivity index (χ4n) is 4.75. The summed E-state index contributed by atoms with van der Waals surface area (Å²) in [6, 6.07) is 6.16. The van der Waals surface area contributed by atoms with Crippen LogP contribution in [-0.2, 0) is 19.9 Å². The molecule has 122 valence electrons. The molecule has 23 heavy (non-hydrogen) atoms. The highest BCUT2D eigenvalue weighted by molar-refractivity contribution is 6.07. The maximum Gasteiger partial charge on any atom is 0.310 e. The van der Waals surface area contributed by atoms with Crippen molar-refractivity contribution in [3.63, 3.8) is 0 Å². The topological polar surface area (TPSA) is 58.6 Å². The Balaban J connectivity index is 1.81. The van der Waals surface area contributed by atoms with Gasteiger partial charge in [0.15, 0.2) is 0 Å².